The van der Waals surface area contributed by atoms with E-state index in [0.29, 0.717) is 6.54 Å². The molecule has 0 heterocycles. The van der Waals surface area contributed by atoms with Crippen LogP contribution in [0.15, 0.2) is 24.3 Å². The molecule has 98 valence electrons. The molecule has 1 aliphatic carbocycles. The Bertz CT molecular complexity index is 427. The van der Waals surface area contributed by atoms with Crippen molar-refractivity contribution in [2.75, 3.05) is 26.0 Å². The summed E-state index contributed by atoms with van der Waals surface area (Å²) in [6.45, 7) is 0.649. The van der Waals surface area contributed by atoms with E-state index in [-0.39, 0.29) is 17.9 Å². The van der Waals surface area contributed by atoms with Crippen molar-refractivity contribution in [1.82, 2.24) is 4.90 Å². The van der Waals surface area contributed by atoms with Crippen molar-refractivity contribution in [2.24, 2.45) is 11.7 Å². The van der Waals surface area contributed by atoms with E-state index in [1.54, 1.807) is 4.90 Å². The van der Waals surface area contributed by atoms with Crippen LogP contribution in [0.3, 0.4) is 0 Å². The summed E-state index contributed by atoms with van der Waals surface area (Å²) in [5.41, 5.74) is 8.01. The minimum absolute atomic E-state index is 0.0519. The standard InChI is InChI=1S/C14H21N3O/c1-16(2)11-6-4-10(5-7-11)9-17(3)14(18)12-8-13(12)15/h4-7,12-13H,8-9,15H2,1-3H3. The number of rotatable bonds is 4. The summed E-state index contributed by atoms with van der Waals surface area (Å²) >= 11 is 0. The first-order valence-electron chi connectivity index (χ1n) is 6.26. The van der Waals surface area contributed by atoms with Crippen LogP contribution in [0.5, 0.6) is 0 Å². The van der Waals surface area contributed by atoms with Crippen LogP contribution in [-0.2, 0) is 11.3 Å². The van der Waals surface area contributed by atoms with Crippen molar-refractivity contribution in [2.45, 2.75) is 19.0 Å². The van der Waals surface area contributed by atoms with Gasteiger partial charge < -0.3 is 15.5 Å². The fourth-order valence-corrected chi connectivity index (χ4v) is 2.03. The van der Waals surface area contributed by atoms with Gasteiger partial charge in [0.15, 0.2) is 0 Å². The van der Waals surface area contributed by atoms with Crippen molar-refractivity contribution in [3.05, 3.63) is 29.8 Å². The van der Waals surface area contributed by atoms with E-state index in [1.165, 1.54) is 0 Å². The van der Waals surface area contributed by atoms with Gasteiger partial charge >= 0.3 is 0 Å². The number of carbonyl (C=O) groups excluding carboxylic acids is 1. The number of carbonyl (C=O) groups is 1. The molecule has 1 aromatic rings. The summed E-state index contributed by atoms with van der Waals surface area (Å²) < 4.78 is 0. The molecular formula is C14H21N3O. The van der Waals surface area contributed by atoms with Gasteiger partial charge in [-0.05, 0) is 24.1 Å². The lowest BCUT2D eigenvalue weighted by atomic mass is 10.2. The third-order valence-corrected chi connectivity index (χ3v) is 3.41. The van der Waals surface area contributed by atoms with Gasteiger partial charge in [-0.2, -0.15) is 0 Å². The molecule has 0 aromatic heterocycles. The van der Waals surface area contributed by atoms with Gasteiger partial charge in [-0.1, -0.05) is 12.1 Å². The molecule has 0 spiro atoms. The van der Waals surface area contributed by atoms with Gasteiger partial charge in [0.25, 0.3) is 0 Å². The predicted octanol–water partition coefficient (Wildman–Crippen LogP) is 1.06. The van der Waals surface area contributed by atoms with Crippen LogP contribution in [0, 0.1) is 5.92 Å². The van der Waals surface area contributed by atoms with Crippen molar-refractivity contribution in [3.8, 4) is 0 Å². The third kappa shape index (κ3) is 2.82. The molecule has 1 amide bonds. The maximum atomic E-state index is 11.9. The molecule has 0 saturated heterocycles. The highest BCUT2D eigenvalue weighted by Crippen LogP contribution is 2.30. The molecule has 2 N–H and O–H groups in total. The number of nitrogens with zero attached hydrogens (tertiary/aromatic N) is 2. The summed E-state index contributed by atoms with van der Waals surface area (Å²) in [6, 6.07) is 8.33. The molecule has 4 heteroatoms. The van der Waals surface area contributed by atoms with Gasteiger partial charge in [-0.3, -0.25) is 4.79 Å². The lowest BCUT2D eigenvalue weighted by Crippen LogP contribution is -2.29. The molecule has 1 aromatic carbocycles. The number of nitrogens with two attached hydrogens (primary N) is 1. The molecular weight excluding hydrogens is 226 g/mol. The van der Waals surface area contributed by atoms with Crippen LogP contribution in [-0.4, -0.2) is 38.0 Å². The molecule has 0 bridgehead atoms. The second-order valence-electron chi connectivity index (χ2n) is 5.26. The summed E-state index contributed by atoms with van der Waals surface area (Å²) in [7, 11) is 5.87. The number of amides is 1. The minimum Gasteiger partial charge on any atom is -0.378 e. The molecule has 1 saturated carbocycles. The Morgan fingerprint density at radius 1 is 1.28 bits per heavy atom. The van der Waals surface area contributed by atoms with Crippen molar-refractivity contribution < 1.29 is 4.79 Å². The average Bonchev–Trinajstić information content (AvgIpc) is 3.06. The highest BCUT2D eigenvalue weighted by molar-refractivity contribution is 5.82. The maximum absolute atomic E-state index is 11.9. The first-order chi connectivity index (χ1) is 8.49. The number of anilines is 1. The Kier molecular flexibility index (Phi) is 3.57. The zero-order valence-corrected chi connectivity index (χ0v) is 11.3. The fourth-order valence-electron chi connectivity index (χ4n) is 2.03. The van der Waals surface area contributed by atoms with E-state index in [1.807, 2.05) is 21.1 Å². The van der Waals surface area contributed by atoms with Gasteiger partial charge in [-0.25, -0.2) is 0 Å². The van der Waals surface area contributed by atoms with Crippen LogP contribution in [0.4, 0.5) is 5.69 Å². The molecule has 0 radical (unpaired) electrons. The van der Waals surface area contributed by atoms with E-state index in [9.17, 15) is 4.79 Å². The van der Waals surface area contributed by atoms with Gasteiger partial charge in [0.05, 0.1) is 5.92 Å². The zero-order valence-electron chi connectivity index (χ0n) is 11.3. The number of benzene rings is 1. The molecule has 4 nitrogen and oxygen atoms in total. The SMILES string of the molecule is CN(Cc1ccc(N(C)C)cc1)C(=O)C1CC1N. The second-order valence-corrected chi connectivity index (χ2v) is 5.26. The fraction of sp³-hybridized carbons (Fsp3) is 0.500. The van der Waals surface area contributed by atoms with Crippen molar-refractivity contribution in [1.29, 1.82) is 0 Å². The number of hydrogen-bond donors (Lipinski definition) is 1. The lowest BCUT2D eigenvalue weighted by molar-refractivity contribution is -0.131. The Balaban J connectivity index is 1.94. The molecule has 2 rings (SSSR count). The monoisotopic (exact) mass is 247 g/mol. The van der Waals surface area contributed by atoms with Crippen LogP contribution in [0.1, 0.15) is 12.0 Å². The van der Waals surface area contributed by atoms with E-state index in [2.05, 4.69) is 29.2 Å². The second kappa shape index (κ2) is 4.98. The van der Waals surface area contributed by atoms with Gasteiger partial charge in [-0.15, -0.1) is 0 Å². The molecule has 18 heavy (non-hydrogen) atoms. The smallest absolute Gasteiger partial charge is 0.227 e. The van der Waals surface area contributed by atoms with Crippen molar-refractivity contribution in [3.63, 3.8) is 0 Å². The van der Waals surface area contributed by atoms with Crippen molar-refractivity contribution >= 4 is 11.6 Å². The van der Waals surface area contributed by atoms with Gasteiger partial charge in [0, 0.05) is 39.4 Å². The molecule has 2 atom stereocenters. The predicted molar refractivity (Wildman–Crippen MR) is 73.3 cm³/mol. The minimum atomic E-state index is 0.0519. The normalized spacial score (nSPS) is 21.6. The van der Waals surface area contributed by atoms with Crippen LogP contribution >= 0.6 is 0 Å². The summed E-state index contributed by atoms with van der Waals surface area (Å²) in [5, 5.41) is 0. The summed E-state index contributed by atoms with van der Waals surface area (Å²) in [6.07, 6.45) is 0.836. The van der Waals surface area contributed by atoms with E-state index in [4.69, 9.17) is 5.73 Å². The van der Waals surface area contributed by atoms with Crippen LogP contribution in [0.25, 0.3) is 0 Å². The third-order valence-electron chi connectivity index (χ3n) is 3.41. The van der Waals surface area contributed by atoms with E-state index in [0.717, 1.165) is 17.7 Å². The lowest BCUT2D eigenvalue weighted by Gasteiger charge is -2.18. The Morgan fingerprint density at radius 2 is 1.83 bits per heavy atom. The van der Waals surface area contributed by atoms with E-state index < -0.39 is 0 Å². The highest BCUT2D eigenvalue weighted by Gasteiger charge is 2.41. The van der Waals surface area contributed by atoms with Gasteiger partial charge in [0.2, 0.25) is 5.91 Å². The Morgan fingerprint density at radius 3 is 2.28 bits per heavy atom. The van der Waals surface area contributed by atoms with Gasteiger partial charge in [0.1, 0.15) is 0 Å². The summed E-state index contributed by atoms with van der Waals surface area (Å²) in [4.78, 5) is 15.8. The number of hydrogen-bond acceptors (Lipinski definition) is 3. The van der Waals surface area contributed by atoms with E-state index >= 15 is 0 Å². The first-order valence-corrected chi connectivity index (χ1v) is 6.26. The highest BCUT2D eigenvalue weighted by atomic mass is 16.2. The average molecular weight is 247 g/mol. The molecule has 1 fully saturated rings. The van der Waals surface area contributed by atoms with Crippen LogP contribution in [0.2, 0.25) is 0 Å². The molecule has 0 aliphatic heterocycles. The zero-order chi connectivity index (χ0) is 13.3. The topological polar surface area (TPSA) is 49.6 Å². The Hall–Kier alpha value is -1.55. The summed E-state index contributed by atoms with van der Waals surface area (Å²) in [5.74, 6) is 0.218. The largest absolute Gasteiger partial charge is 0.378 e. The quantitative estimate of drug-likeness (QED) is 0.865. The van der Waals surface area contributed by atoms with Crippen LogP contribution < -0.4 is 10.6 Å². The molecule has 2 unspecified atom stereocenters. The molecule has 1 aliphatic rings. The first kappa shape index (κ1) is 12.9. The Labute approximate surface area is 108 Å². The maximum Gasteiger partial charge on any atom is 0.227 e.